The van der Waals surface area contributed by atoms with Gasteiger partial charge in [0, 0.05) is 24.7 Å². The van der Waals surface area contributed by atoms with Crippen molar-refractivity contribution in [2.75, 3.05) is 25.5 Å². The molecule has 2 rings (SSSR count). The molecule has 1 aromatic carbocycles. The molecule has 140 valence electrons. The molecule has 0 spiro atoms. The number of nitrogens with one attached hydrogen (secondary N) is 2. The molecule has 8 nitrogen and oxygen atoms in total. The molecule has 0 amide bonds. The first-order valence-electron chi connectivity index (χ1n) is 8.42. The van der Waals surface area contributed by atoms with Crippen LogP contribution in [-0.2, 0) is 0 Å². The van der Waals surface area contributed by atoms with Gasteiger partial charge in [0.25, 0.3) is 0 Å². The lowest BCUT2D eigenvalue weighted by Crippen LogP contribution is -2.33. The molecule has 0 aliphatic carbocycles. The van der Waals surface area contributed by atoms with Crippen LogP contribution < -0.4 is 15.4 Å². The molecule has 0 saturated carbocycles. The predicted octanol–water partition coefficient (Wildman–Crippen LogP) is 2.51. The van der Waals surface area contributed by atoms with E-state index in [9.17, 15) is 15.2 Å². The molecule has 3 N–H and O–H groups in total. The molecule has 0 aliphatic heterocycles. The van der Waals surface area contributed by atoms with E-state index in [2.05, 4.69) is 15.6 Å². The molecular formula is C18H24N4O4. The first-order valence-corrected chi connectivity index (χ1v) is 8.42. The van der Waals surface area contributed by atoms with E-state index in [1.807, 2.05) is 37.3 Å². The molecule has 8 heteroatoms. The van der Waals surface area contributed by atoms with Gasteiger partial charge < -0.3 is 20.5 Å². The van der Waals surface area contributed by atoms with Crippen molar-refractivity contribution >= 4 is 11.5 Å². The number of hydrogen-bond donors (Lipinski definition) is 3. The number of pyridine rings is 1. The summed E-state index contributed by atoms with van der Waals surface area (Å²) in [6.07, 6.45) is 0.118. The molecule has 0 saturated heterocycles. The van der Waals surface area contributed by atoms with Crippen molar-refractivity contribution in [1.29, 1.82) is 0 Å². The second-order valence-electron chi connectivity index (χ2n) is 5.86. The highest BCUT2D eigenvalue weighted by atomic mass is 16.6. The van der Waals surface area contributed by atoms with Gasteiger partial charge in [-0.2, -0.15) is 4.98 Å². The van der Waals surface area contributed by atoms with Crippen molar-refractivity contribution in [2.24, 2.45) is 0 Å². The highest BCUT2D eigenvalue weighted by molar-refractivity contribution is 5.56. The molecule has 1 heterocycles. The van der Waals surface area contributed by atoms with Crippen molar-refractivity contribution in [3.05, 3.63) is 58.1 Å². The van der Waals surface area contributed by atoms with Crippen LogP contribution in [0.2, 0.25) is 0 Å². The van der Waals surface area contributed by atoms with Crippen LogP contribution in [-0.4, -0.2) is 41.3 Å². The largest absolute Gasteiger partial charge is 0.481 e. The fourth-order valence-corrected chi connectivity index (χ4v) is 2.50. The van der Waals surface area contributed by atoms with Crippen LogP contribution >= 0.6 is 0 Å². The topological polar surface area (TPSA) is 110 Å². The summed E-state index contributed by atoms with van der Waals surface area (Å²) < 4.78 is 5.00. The Balaban J connectivity index is 1.79. The highest BCUT2D eigenvalue weighted by Crippen LogP contribution is 2.24. The average Bonchev–Trinajstić information content (AvgIpc) is 2.67. The zero-order chi connectivity index (χ0) is 18.9. The van der Waals surface area contributed by atoms with Gasteiger partial charge in [-0.15, -0.1) is 0 Å². The van der Waals surface area contributed by atoms with Gasteiger partial charge in [0.2, 0.25) is 11.7 Å². The molecule has 0 fully saturated rings. The van der Waals surface area contributed by atoms with Gasteiger partial charge in [0.15, 0.2) is 0 Å². The first-order chi connectivity index (χ1) is 12.5. The number of rotatable bonds is 10. The van der Waals surface area contributed by atoms with E-state index >= 15 is 0 Å². The maximum absolute atomic E-state index is 11.1. The SMILES string of the molecule is COc1ccc([N+](=O)[O-])c(NCCCNC(C)C(O)c2ccccc2)n1. The van der Waals surface area contributed by atoms with E-state index in [0.717, 1.165) is 5.56 Å². The minimum absolute atomic E-state index is 0.0911. The number of aromatic nitrogens is 1. The van der Waals surface area contributed by atoms with Crippen molar-refractivity contribution in [3.8, 4) is 5.88 Å². The molecule has 0 bridgehead atoms. The van der Waals surface area contributed by atoms with Crippen LogP contribution in [0.4, 0.5) is 11.5 Å². The molecule has 26 heavy (non-hydrogen) atoms. The Bertz CT molecular complexity index is 712. The maximum atomic E-state index is 11.1. The summed E-state index contributed by atoms with van der Waals surface area (Å²) >= 11 is 0. The van der Waals surface area contributed by atoms with E-state index in [0.29, 0.717) is 25.4 Å². The number of anilines is 1. The zero-order valence-corrected chi connectivity index (χ0v) is 14.9. The van der Waals surface area contributed by atoms with Crippen LogP contribution in [0.25, 0.3) is 0 Å². The van der Waals surface area contributed by atoms with Crippen LogP contribution in [0, 0.1) is 10.1 Å². The van der Waals surface area contributed by atoms with E-state index in [1.165, 1.54) is 19.2 Å². The van der Waals surface area contributed by atoms with Gasteiger partial charge in [-0.05, 0) is 25.5 Å². The second-order valence-corrected chi connectivity index (χ2v) is 5.86. The number of aliphatic hydroxyl groups excluding tert-OH is 1. The number of aliphatic hydroxyl groups is 1. The van der Waals surface area contributed by atoms with Crippen LogP contribution in [0.3, 0.4) is 0 Å². The third kappa shape index (κ3) is 5.40. The molecule has 2 atom stereocenters. The van der Waals surface area contributed by atoms with E-state index < -0.39 is 11.0 Å². The summed E-state index contributed by atoms with van der Waals surface area (Å²) in [5.74, 6) is 0.502. The standard InChI is InChI=1S/C18H24N4O4/c1-13(17(23)14-7-4-3-5-8-14)19-11-6-12-20-18-15(22(24)25)9-10-16(21-18)26-2/h3-5,7-10,13,17,19,23H,6,11-12H2,1-2H3,(H,20,21). The lowest BCUT2D eigenvalue weighted by molar-refractivity contribution is -0.384. The summed E-state index contributed by atoms with van der Waals surface area (Å²) in [5.41, 5.74) is 0.772. The molecule has 2 aromatic rings. The number of methoxy groups -OCH3 is 1. The van der Waals surface area contributed by atoms with Crippen molar-refractivity contribution in [1.82, 2.24) is 10.3 Å². The van der Waals surface area contributed by atoms with Gasteiger partial charge >= 0.3 is 5.69 Å². The molecular weight excluding hydrogens is 336 g/mol. The number of hydrogen-bond acceptors (Lipinski definition) is 7. The first kappa shape index (κ1) is 19.6. The van der Waals surface area contributed by atoms with Gasteiger partial charge in [0.05, 0.1) is 18.1 Å². The zero-order valence-electron chi connectivity index (χ0n) is 14.9. The average molecular weight is 360 g/mol. The van der Waals surface area contributed by atoms with Gasteiger partial charge in [-0.3, -0.25) is 10.1 Å². The molecule has 1 aromatic heterocycles. The third-order valence-corrected chi connectivity index (χ3v) is 3.98. The monoisotopic (exact) mass is 360 g/mol. The second kappa shape index (κ2) is 9.69. The molecule has 0 radical (unpaired) electrons. The van der Waals surface area contributed by atoms with Crippen LogP contribution in [0.5, 0.6) is 5.88 Å². The summed E-state index contributed by atoms with van der Waals surface area (Å²) in [5, 5.41) is 27.6. The molecule has 0 aliphatic rings. The van der Waals surface area contributed by atoms with Crippen molar-refractivity contribution in [2.45, 2.75) is 25.5 Å². The van der Waals surface area contributed by atoms with Crippen molar-refractivity contribution < 1.29 is 14.8 Å². The van der Waals surface area contributed by atoms with E-state index in [1.54, 1.807) is 0 Å². The Kier molecular flexibility index (Phi) is 7.31. The number of nitro groups is 1. The summed E-state index contributed by atoms with van der Waals surface area (Å²) in [4.78, 5) is 14.7. The highest BCUT2D eigenvalue weighted by Gasteiger charge is 2.17. The van der Waals surface area contributed by atoms with Gasteiger partial charge in [-0.25, -0.2) is 0 Å². The quantitative estimate of drug-likeness (QED) is 0.339. The summed E-state index contributed by atoms with van der Waals surface area (Å²) in [7, 11) is 1.46. The Morgan fingerprint density at radius 1 is 1.23 bits per heavy atom. The maximum Gasteiger partial charge on any atom is 0.311 e. The Morgan fingerprint density at radius 3 is 2.62 bits per heavy atom. The lowest BCUT2D eigenvalue weighted by atomic mass is 10.0. The Hall–Kier alpha value is -2.71. The van der Waals surface area contributed by atoms with Crippen molar-refractivity contribution in [3.63, 3.8) is 0 Å². The fourth-order valence-electron chi connectivity index (χ4n) is 2.50. The van der Waals surface area contributed by atoms with Crippen LogP contribution in [0.1, 0.15) is 25.0 Å². The van der Waals surface area contributed by atoms with E-state index in [4.69, 9.17) is 4.74 Å². The minimum Gasteiger partial charge on any atom is -0.481 e. The van der Waals surface area contributed by atoms with Crippen LogP contribution in [0.15, 0.2) is 42.5 Å². The Morgan fingerprint density at radius 2 is 1.96 bits per heavy atom. The predicted molar refractivity (Wildman–Crippen MR) is 99.4 cm³/mol. The minimum atomic E-state index is -0.592. The normalized spacial score (nSPS) is 13.0. The van der Waals surface area contributed by atoms with Gasteiger partial charge in [-0.1, -0.05) is 30.3 Å². The summed E-state index contributed by atoms with van der Waals surface area (Å²) in [6, 6.07) is 12.2. The third-order valence-electron chi connectivity index (χ3n) is 3.98. The van der Waals surface area contributed by atoms with E-state index in [-0.39, 0.29) is 17.5 Å². The smallest absolute Gasteiger partial charge is 0.311 e. The fraction of sp³-hybridized carbons (Fsp3) is 0.389. The number of nitrogens with zero attached hydrogens (tertiary/aromatic N) is 2. The van der Waals surface area contributed by atoms with Gasteiger partial charge in [0.1, 0.15) is 0 Å². The Labute approximate surface area is 152 Å². The number of ether oxygens (including phenoxy) is 1. The number of benzene rings is 1. The molecule has 2 unspecified atom stereocenters. The lowest BCUT2D eigenvalue weighted by Gasteiger charge is -2.20. The summed E-state index contributed by atoms with van der Waals surface area (Å²) in [6.45, 7) is 3.07.